The molecule has 1 aliphatic rings. The molecule has 3 aromatic heterocycles. The van der Waals surface area contributed by atoms with Gasteiger partial charge in [0.25, 0.3) is 5.56 Å². The summed E-state index contributed by atoms with van der Waals surface area (Å²) in [5.74, 6) is 1.39. The van der Waals surface area contributed by atoms with Gasteiger partial charge in [0.05, 0.1) is 11.9 Å². The lowest BCUT2D eigenvalue weighted by atomic mass is 10.1. The summed E-state index contributed by atoms with van der Waals surface area (Å²) >= 11 is 0. The van der Waals surface area contributed by atoms with Gasteiger partial charge in [-0.1, -0.05) is 6.07 Å². The topological polar surface area (TPSA) is 81.5 Å². The number of H-pyrrole nitrogens is 1. The van der Waals surface area contributed by atoms with Crippen LogP contribution < -0.4 is 15.0 Å². The van der Waals surface area contributed by atoms with E-state index in [1.807, 2.05) is 30.3 Å². The largest absolute Gasteiger partial charge is 0.486 e. The van der Waals surface area contributed by atoms with Gasteiger partial charge < -0.3 is 14.5 Å². The molecule has 0 saturated heterocycles. The van der Waals surface area contributed by atoms with Gasteiger partial charge in [-0.3, -0.25) is 9.78 Å². The minimum Gasteiger partial charge on any atom is -0.486 e. The molecule has 0 bridgehead atoms. The molecule has 0 amide bonds. The van der Waals surface area contributed by atoms with Crippen LogP contribution in [0.4, 0.5) is 0 Å². The molecule has 5 rings (SSSR count). The molecule has 1 aliphatic heterocycles. The predicted octanol–water partition coefficient (Wildman–Crippen LogP) is 2.52. The Labute approximate surface area is 147 Å². The maximum atomic E-state index is 12.5. The lowest BCUT2D eigenvalue weighted by Gasteiger charge is -2.18. The molecule has 0 radical (unpaired) electrons. The molecular formula is C19H14N4O3. The van der Waals surface area contributed by atoms with Crippen molar-refractivity contribution in [2.75, 3.05) is 13.2 Å². The molecule has 1 aromatic carbocycles. The van der Waals surface area contributed by atoms with Gasteiger partial charge in [-0.05, 0) is 24.3 Å². The molecule has 7 heteroatoms. The van der Waals surface area contributed by atoms with E-state index in [2.05, 4.69) is 15.1 Å². The minimum absolute atomic E-state index is 0.209. The summed E-state index contributed by atoms with van der Waals surface area (Å²) < 4.78 is 12.5. The Morgan fingerprint density at radius 2 is 1.88 bits per heavy atom. The van der Waals surface area contributed by atoms with Gasteiger partial charge in [-0.2, -0.15) is 9.61 Å². The first-order valence-electron chi connectivity index (χ1n) is 8.21. The van der Waals surface area contributed by atoms with Crippen LogP contribution in [0, 0.1) is 0 Å². The van der Waals surface area contributed by atoms with Crippen LogP contribution in [-0.2, 0) is 0 Å². The molecule has 0 atom stereocenters. The number of hydrogen-bond acceptors (Lipinski definition) is 5. The highest BCUT2D eigenvalue weighted by Gasteiger charge is 2.15. The summed E-state index contributed by atoms with van der Waals surface area (Å²) in [5.41, 5.74) is 3.64. The molecule has 4 aromatic rings. The summed E-state index contributed by atoms with van der Waals surface area (Å²) in [7, 11) is 0. The van der Waals surface area contributed by atoms with Gasteiger partial charge >= 0.3 is 0 Å². The second-order valence-corrected chi connectivity index (χ2v) is 5.94. The molecule has 0 aliphatic carbocycles. The molecule has 128 valence electrons. The lowest BCUT2D eigenvalue weighted by Crippen LogP contribution is -2.16. The number of aromatic nitrogens is 4. The fourth-order valence-electron chi connectivity index (χ4n) is 3.08. The van der Waals surface area contributed by atoms with Crippen LogP contribution in [0.2, 0.25) is 0 Å². The van der Waals surface area contributed by atoms with Crippen molar-refractivity contribution in [1.29, 1.82) is 0 Å². The Kier molecular flexibility index (Phi) is 3.24. The molecule has 7 nitrogen and oxygen atoms in total. The van der Waals surface area contributed by atoms with E-state index < -0.39 is 0 Å². The number of nitrogens with zero attached hydrogens (tertiary/aromatic N) is 3. The van der Waals surface area contributed by atoms with Crippen LogP contribution in [0.5, 0.6) is 11.5 Å². The fourth-order valence-corrected chi connectivity index (χ4v) is 3.08. The first-order chi connectivity index (χ1) is 12.8. The summed E-state index contributed by atoms with van der Waals surface area (Å²) in [6, 6.07) is 10.9. The average molecular weight is 346 g/mol. The van der Waals surface area contributed by atoms with Crippen molar-refractivity contribution in [2.24, 2.45) is 0 Å². The third-order valence-corrected chi connectivity index (χ3v) is 4.32. The van der Waals surface area contributed by atoms with Crippen molar-refractivity contribution in [3.05, 3.63) is 65.3 Å². The number of fused-ring (bicyclic) bond motifs is 2. The first-order valence-corrected chi connectivity index (χ1v) is 8.21. The van der Waals surface area contributed by atoms with E-state index in [1.54, 1.807) is 18.6 Å². The highest BCUT2D eigenvalue weighted by molar-refractivity contribution is 5.78. The van der Waals surface area contributed by atoms with Gasteiger partial charge in [-0.25, -0.2) is 0 Å². The van der Waals surface area contributed by atoms with Crippen LogP contribution in [0.3, 0.4) is 0 Å². The van der Waals surface area contributed by atoms with Crippen LogP contribution in [0.25, 0.3) is 28.0 Å². The third-order valence-electron chi connectivity index (χ3n) is 4.32. The first kappa shape index (κ1) is 14.7. The molecule has 0 spiro atoms. The Bertz CT molecular complexity index is 1160. The number of hydrogen-bond donors (Lipinski definition) is 1. The summed E-state index contributed by atoms with van der Waals surface area (Å²) in [6.07, 6.45) is 5.11. The zero-order valence-electron chi connectivity index (χ0n) is 13.7. The van der Waals surface area contributed by atoms with E-state index in [9.17, 15) is 4.79 Å². The van der Waals surface area contributed by atoms with Crippen LogP contribution in [0.1, 0.15) is 0 Å². The average Bonchev–Trinajstić information content (AvgIpc) is 3.13. The monoisotopic (exact) mass is 346 g/mol. The van der Waals surface area contributed by atoms with E-state index in [0.29, 0.717) is 36.1 Å². The lowest BCUT2D eigenvalue weighted by molar-refractivity contribution is 0.171. The highest BCUT2D eigenvalue weighted by Crippen LogP contribution is 2.34. The Hall–Kier alpha value is -3.61. The molecule has 26 heavy (non-hydrogen) atoms. The maximum Gasteiger partial charge on any atom is 0.274 e. The smallest absolute Gasteiger partial charge is 0.274 e. The molecule has 4 heterocycles. The van der Waals surface area contributed by atoms with Gasteiger partial charge in [-0.15, -0.1) is 0 Å². The number of benzene rings is 1. The van der Waals surface area contributed by atoms with Crippen LogP contribution in [0.15, 0.2) is 59.8 Å². The van der Waals surface area contributed by atoms with Crippen molar-refractivity contribution < 1.29 is 9.47 Å². The van der Waals surface area contributed by atoms with Crippen molar-refractivity contribution in [2.45, 2.75) is 0 Å². The molecular weight excluding hydrogens is 332 g/mol. The number of rotatable bonds is 2. The second kappa shape index (κ2) is 5.73. The van der Waals surface area contributed by atoms with Gasteiger partial charge in [0.15, 0.2) is 11.5 Å². The van der Waals surface area contributed by atoms with Crippen molar-refractivity contribution in [3.63, 3.8) is 0 Å². The molecule has 0 fully saturated rings. The summed E-state index contributed by atoms with van der Waals surface area (Å²) in [5, 5.41) is 4.20. The predicted molar refractivity (Wildman–Crippen MR) is 95.5 cm³/mol. The number of aromatic amines is 1. The molecule has 0 unspecified atom stereocenters. The van der Waals surface area contributed by atoms with Gasteiger partial charge in [0, 0.05) is 35.2 Å². The van der Waals surface area contributed by atoms with Crippen molar-refractivity contribution in [3.8, 4) is 33.9 Å². The van der Waals surface area contributed by atoms with Crippen molar-refractivity contribution >= 4 is 5.65 Å². The van der Waals surface area contributed by atoms with E-state index in [1.165, 1.54) is 10.6 Å². The van der Waals surface area contributed by atoms with E-state index in [-0.39, 0.29) is 5.56 Å². The standard InChI is InChI=1S/C19H14N4O3/c24-18-9-15(12-3-4-16-17(8-12)26-7-6-25-16)22-19-14(11-21-23(18)19)13-2-1-5-20-10-13/h1-5,8-11,22H,6-7H2. The summed E-state index contributed by atoms with van der Waals surface area (Å²) in [6.45, 7) is 1.05. The van der Waals surface area contributed by atoms with Crippen LogP contribution in [-0.4, -0.2) is 32.8 Å². The van der Waals surface area contributed by atoms with E-state index >= 15 is 0 Å². The summed E-state index contributed by atoms with van der Waals surface area (Å²) in [4.78, 5) is 20.0. The number of nitrogens with one attached hydrogen (secondary N) is 1. The fraction of sp³-hybridized carbons (Fsp3) is 0.105. The van der Waals surface area contributed by atoms with Crippen molar-refractivity contribution in [1.82, 2.24) is 19.6 Å². The Morgan fingerprint density at radius 1 is 1.00 bits per heavy atom. The molecule has 0 saturated carbocycles. The Balaban J connectivity index is 1.69. The van der Waals surface area contributed by atoms with Crippen LogP contribution >= 0.6 is 0 Å². The zero-order valence-corrected chi connectivity index (χ0v) is 13.7. The minimum atomic E-state index is -0.209. The van der Waals surface area contributed by atoms with Gasteiger partial charge in [0.2, 0.25) is 0 Å². The number of pyridine rings is 1. The SMILES string of the molecule is O=c1cc(-c2ccc3c(c2)OCCO3)[nH]c2c(-c3cccnc3)cnn12. The number of ether oxygens (including phenoxy) is 2. The van der Waals surface area contributed by atoms with E-state index in [4.69, 9.17) is 9.47 Å². The normalized spacial score (nSPS) is 13.1. The van der Waals surface area contributed by atoms with E-state index in [0.717, 1.165) is 16.7 Å². The maximum absolute atomic E-state index is 12.5. The zero-order chi connectivity index (χ0) is 17.5. The third kappa shape index (κ3) is 2.33. The second-order valence-electron chi connectivity index (χ2n) is 5.94. The highest BCUT2D eigenvalue weighted by atomic mass is 16.6. The van der Waals surface area contributed by atoms with Gasteiger partial charge in [0.1, 0.15) is 18.9 Å². The Morgan fingerprint density at radius 3 is 2.73 bits per heavy atom. The molecule has 1 N–H and O–H groups in total. The quantitative estimate of drug-likeness (QED) is 0.603.